The van der Waals surface area contributed by atoms with Gasteiger partial charge >= 0.3 is 0 Å². The van der Waals surface area contributed by atoms with Crippen LogP contribution in [0.15, 0.2) is 109 Å². The molecular weight excluding hydrogens is 733 g/mol. The van der Waals surface area contributed by atoms with Crippen LogP contribution in [0.5, 0.6) is 0 Å². The largest absolute Gasteiger partial charge is 0.361 e. The van der Waals surface area contributed by atoms with Crippen molar-refractivity contribution in [2.45, 2.75) is 121 Å². The zero-order valence-corrected chi connectivity index (χ0v) is 38.5. The van der Waals surface area contributed by atoms with Crippen molar-refractivity contribution < 1.29 is 4.57 Å². The molecule has 0 spiro atoms. The lowest BCUT2D eigenvalue weighted by Crippen LogP contribution is -2.73. The van der Waals surface area contributed by atoms with Crippen molar-refractivity contribution in [2.24, 2.45) is 0 Å². The molecule has 0 fully saturated rings. The van der Waals surface area contributed by atoms with Crippen LogP contribution in [-0.4, -0.2) is 16.0 Å². The van der Waals surface area contributed by atoms with Crippen LogP contribution >= 0.6 is 22.9 Å². The van der Waals surface area contributed by atoms with Crippen LogP contribution in [0.25, 0.3) is 11.4 Å². The zero-order valence-electron chi connectivity index (χ0n) is 37.0. The Morgan fingerprint density at radius 2 is 0.842 bits per heavy atom. The summed E-state index contributed by atoms with van der Waals surface area (Å²) in [6.45, 7) is 31.2. The smallest absolute Gasteiger partial charge is 0.265 e. The molecule has 0 aliphatic carbocycles. The lowest BCUT2D eigenvalue weighted by molar-refractivity contribution is -0.577. The van der Waals surface area contributed by atoms with Gasteiger partial charge in [0.25, 0.3) is 4.87 Å². The van der Waals surface area contributed by atoms with Crippen molar-refractivity contribution in [3.63, 3.8) is 0 Å². The molecule has 1 aromatic heterocycles. The van der Waals surface area contributed by atoms with Gasteiger partial charge < -0.3 is 22.9 Å². The number of aromatic nitrogens is 2. The maximum absolute atomic E-state index is 8.43. The van der Waals surface area contributed by atoms with E-state index in [-0.39, 0.29) is 6.60 Å². The number of hydrogen-bond donors (Lipinski definition) is 0. The van der Waals surface area contributed by atoms with Gasteiger partial charge in [-0.15, -0.1) is 10.9 Å². The van der Waals surface area contributed by atoms with E-state index in [2.05, 4.69) is 179 Å². The molecule has 0 aliphatic heterocycles. The van der Waals surface area contributed by atoms with Crippen LogP contribution in [0.4, 0.5) is 0 Å². The van der Waals surface area contributed by atoms with Crippen LogP contribution in [0.2, 0.25) is 0 Å². The molecule has 1 heterocycles. The Labute approximate surface area is 355 Å². The average molecular weight is 798 g/mol. The minimum absolute atomic E-state index is 0.295. The Balaban J connectivity index is 0.000000944. The monoisotopic (exact) mass is 796 g/mol. The highest BCUT2D eigenvalue weighted by Crippen LogP contribution is 2.34. The van der Waals surface area contributed by atoms with Crippen molar-refractivity contribution in [2.75, 3.05) is 0 Å². The minimum atomic E-state index is -2.41. The maximum Gasteiger partial charge on any atom is 0.265 e. The molecular formula is C51H64B2Cl2N2. The Kier molecular flexibility index (Phi) is 14.2. The molecule has 0 N–H and O–H groups in total. The van der Waals surface area contributed by atoms with Gasteiger partial charge in [-0.25, -0.2) is 9.13 Å². The fourth-order valence-electron chi connectivity index (χ4n) is 9.19. The Morgan fingerprint density at radius 3 is 1.18 bits per heavy atom. The zero-order chi connectivity index (χ0) is 41.9. The third-order valence-corrected chi connectivity index (χ3v) is 12.4. The first-order valence-electron chi connectivity index (χ1n) is 21.0. The summed E-state index contributed by atoms with van der Waals surface area (Å²) in [4.78, 5) is -2.41. The highest BCUT2D eigenvalue weighted by Gasteiger charge is 2.47. The SMILES string of the molecule is Cc1cc(C)c(B(c2c(C)cc(C)cc2C)[B-](Cl)(Cl)c2n(-c3c(C(C)C)cccc3C(C)C)cc[n+]2-c2c(C(C)C)cccc2C(C)C)c(C)c1.c1ccccc1. The normalized spacial score (nSPS) is 11.8. The van der Waals surface area contributed by atoms with Crippen LogP contribution in [-0.2, 0) is 0 Å². The Bertz CT molecular complexity index is 2050. The van der Waals surface area contributed by atoms with Gasteiger partial charge in [-0.1, -0.05) is 186 Å². The van der Waals surface area contributed by atoms with Gasteiger partial charge in [0.15, 0.2) is 0 Å². The fraction of sp³-hybridized carbons (Fsp3) is 0.353. The second kappa shape index (κ2) is 18.3. The molecule has 0 bridgehead atoms. The molecule has 6 aromatic rings. The van der Waals surface area contributed by atoms with Gasteiger partial charge in [-0.05, 0) is 65.2 Å². The Hall–Kier alpha value is -3.98. The number of imidazole rings is 1. The van der Waals surface area contributed by atoms with Crippen molar-refractivity contribution in [3.8, 4) is 11.4 Å². The summed E-state index contributed by atoms with van der Waals surface area (Å²) in [6.07, 6.45) is 4.46. The topological polar surface area (TPSA) is 8.81 Å². The predicted molar refractivity (Wildman–Crippen MR) is 254 cm³/mol. The Morgan fingerprint density at radius 1 is 0.509 bits per heavy atom. The molecule has 0 saturated heterocycles. The molecule has 6 heteroatoms. The van der Waals surface area contributed by atoms with Crippen LogP contribution < -0.4 is 21.2 Å². The third-order valence-electron chi connectivity index (χ3n) is 11.6. The average Bonchev–Trinajstić information content (AvgIpc) is 3.59. The van der Waals surface area contributed by atoms with Crippen LogP contribution in [0, 0.1) is 41.5 Å². The molecule has 0 aliphatic rings. The van der Waals surface area contributed by atoms with E-state index < -0.39 is 4.87 Å². The van der Waals surface area contributed by atoms with E-state index in [0.29, 0.717) is 23.7 Å². The minimum Gasteiger partial charge on any atom is -0.361 e. The van der Waals surface area contributed by atoms with Crippen molar-refractivity contribution in [3.05, 3.63) is 165 Å². The van der Waals surface area contributed by atoms with Crippen LogP contribution in [0.1, 0.15) is 135 Å². The molecule has 0 amide bonds. The first kappa shape index (κ1) is 44.1. The number of para-hydroxylation sites is 2. The molecule has 298 valence electrons. The van der Waals surface area contributed by atoms with Crippen molar-refractivity contribution in [1.29, 1.82) is 0 Å². The lowest BCUT2D eigenvalue weighted by atomic mass is 9.13. The highest BCUT2D eigenvalue weighted by atomic mass is 35.5. The highest BCUT2D eigenvalue weighted by molar-refractivity contribution is 7.78. The summed E-state index contributed by atoms with van der Waals surface area (Å²) in [5.74, 6) is 1.18. The molecule has 57 heavy (non-hydrogen) atoms. The number of hydrogen-bond acceptors (Lipinski definition) is 0. The number of benzene rings is 5. The van der Waals surface area contributed by atoms with E-state index in [1.165, 1.54) is 77.9 Å². The van der Waals surface area contributed by atoms with Gasteiger partial charge in [0.2, 0.25) is 0 Å². The summed E-state index contributed by atoms with van der Waals surface area (Å²) < 4.78 is 4.74. The molecule has 0 saturated carbocycles. The van der Waals surface area contributed by atoms with E-state index in [4.69, 9.17) is 22.9 Å². The summed E-state index contributed by atoms with van der Waals surface area (Å²) in [7, 11) is 0. The maximum atomic E-state index is 8.43. The second-order valence-corrected chi connectivity index (χ2v) is 19.2. The number of nitrogens with zero attached hydrogens (tertiary/aromatic N) is 2. The molecule has 0 unspecified atom stereocenters. The second-order valence-electron chi connectivity index (χ2n) is 17.6. The molecule has 2 nitrogen and oxygen atoms in total. The standard InChI is InChI=1S/C45H58B2Cl2N2.C6H6/c1-27(2)37-17-15-18-38(28(3)4)43(37)50-21-22-51(44-39(29(5)6)19-16-20-40(44)30(7)8)45(50)47(48,49)46(41-33(11)23-31(9)24-34(41)12)42-35(13)25-32(10)26-36(42)14;1-2-4-6-5-3-1/h15-30H,1-14H3;1-6H. The first-order valence-corrected chi connectivity index (χ1v) is 21.8. The number of aryl methyl sites for hydroxylation is 6. The van der Waals surface area contributed by atoms with Gasteiger partial charge in [-0.2, -0.15) is 0 Å². The third kappa shape index (κ3) is 9.19. The summed E-state index contributed by atoms with van der Waals surface area (Å²) >= 11 is 16.9. The van der Waals surface area contributed by atoms with Crippen LogP contribution in [0.3, 0.4) is 0 Å². The number of rotatable bonds is 10. The molecule has 0 radical (unpaired) electrons. The molecule has 0 atom stereocenters. The van der Waals surface area contributed by atoms with Crippen molar-refractivity contribution >= 4 is 51.0 Å². The summed E-state index contributed by atoms with van der Waals surface area (Å²) in [5.41, 5.74) is 18.2. The summed E-state index contributed by atoms with van der Waals surface area (Å²) in [5, 5.41) is 0. The molecule has 5 aromatic carbocycles. The fourth-order valence-corrected chi connectivity index (χ4v) is 10.1. The van der Waals surface area contributed by atoms with E-state index in [1.54, 1.807) is 0 Å². The van der Waals surface area contributed by atoms with Gasteiger partial charge in [-0.3, -0.25) is 0 Å². The van der Waals surface area contributed by atoms with Crippen molar-refractivity contribution in [1.82, 2.24) is 4.57 Å². The quantitative estimate of drug-likeness (QED) is 0.0964. The first-order chi connectivity index (χ1) is 26.9. The van der Waals surface area contributed by atoms with E-state index in [0.717, 1.165) is 5.72 Å². The lowest BCUT2D eigenvalue weighted by Gasteiger charge is -2.38. The van der Waals surface area contributed by atoms with E-state index >= 15 is 0 Å². The molecule has 6 rings (SSSR count). The van der Waals surface area contributed by atoms with E-state index in [1.807, 2.05) is 36.4 Å². The van der Waals surface area contributed by atoms with Gasteiger partial charge in [0, 0.05) is 22.3 Å². The predicted octanol–water partition coefficient (Wildman–Crippen LogP) is 12.3. The van der Waals surface area contributed by atoms with E-state index in [9.17, 15) is 0 Å². The summed E-state index contributed by atoms with van der Waals surface area (Å²) in [6, 6.07) is 34.7. The number of halogens is 2. The van der Waals surface area contributed by atoms with Gasteiger partial charge in [0.05, 0.1) is 6.60 Å². The van der Waals surface area contributed by atoms with Gasteiger partial charge in [0.1, 0.15) is 29.5 Å².